The summed E-state index contributed by atoms with van der Waals surface area (Å²) in [6, 6.07) is 26.3. The van der Waals surface area contributed by atoms with Crippen molar-refractivity contribution in [1.82, 2.24) is 5.32 Å². The average molecular weight is 714 g/mol. The zero-order valence-electron chi connectivity index (χ0n) is 30.6. The summed E-state index contributed by atoms with van der Waals surface area (Å²) in [6.45, 7) is 20.8. The fraction of sp³-hybridized carbons (Fsp3) is 0.429. The third-order valence-electron chi connectivity index (χ3n) is 8.96. The van der Waals surface area contributed by atoms with E-state index in [1.165, 1.54) is 34.0 Å². The van der Waals surface area contributed by atoms with Crippen LogP contribution >= 0.6 is 11.8 Å². The van der Waals surface area contributed by atoms with Gasteiger partial charge in [0, 0.05) is 11.7 Å². The van der Waals surface area contributed by atoms with Crippen molar-refractivity contribution in [3.63, 3.8) is 0 Å². The number of hydrogen-bond acceptors (Lipinski definition) is 6. The van der Waals surface area contributed by atoms with Gasteiger partial charge in [-0.2, -0.15) is 0 Å². The van der Waals surface area contributed by atoms with Crippen molar-refractivity contribution >= 4 is 31.5 Å². The summed E-state index contributed by atoms with van der Waals surface area (Å²) in [6.07, 6.45) is 4.07. The Bertz CT molecular complexity index is 1530. The van der Waals surface area contributed by atoms with Crippen LogP contribution in [-0.4, -0.2) is 44.6 Å². The van der Waals surface area contributed by atoms with Gasteiger partial charge in [-0.05, 0) is 72.0 Å². The zero-order chi connectivity index (χ0) is 36.3. The van der Waals surface area contributed by atoms with Crippen LogP contribution in [-0.2, 0) is 24.1 Å². The molecular formula is C42H55NO5SSi. The highest BCUT2D eigenvalue weighted by Crippen LogP contribution is 2.44. The number of nitrogens with one attached hydrogen (secondary N) is 1. The molecule has 1 aliphatic carbocycles. The number of carbonyl (C=O) groups excluding carboxylic acids is 2. The van der Waals surface area contributed by atoms with Crippen molar-refractivity contribution in [1.29, 1.82) is 0 Å². The van der Waals surface area contributed by atoms with Crippen LogP contribution in [0.4, 0.5) is 4.79 Å². The van der Waals surface area contributed by atoms with Crippen molar-refractivity contribution in [2.45, 2.75) is 90.0 Å². The van der Waals surface area contributed by atoms with E-state index in [1.54, 1.807) is 6.08 Å². The van der Waals surface area contributed by atoms with Crippen molar-refractivity contribution in [2.75, 3.05) is 6.61 Å². The van der Waals surface area contributed by atoms with Crippen molar-refractivity contribution in [3.8, 4) is 11.1 Å². The maximum absolute atomic E-state index is 13.6. The first-order valence-corrected chi connectivity index (χ1v) is 21.6. The van der Waals surface area contributed by atoms with Gasteiger partial charge in [0.15, 0.2) is 5.12 Å². The Morgan fingerprint density at radius 3 is 1.98 bits per heavy atom. The largest absolute Gasteiger partial charge is 0.449 e. The molecule has 0 aliphatic heterocycles. The Balaban J connectivity index is 1.44. The molecule has 3 aromatic rings. The molecule has 0 fully saturated rings. The first-order valence-electron chi connectivity index (χ1n) is 17.8. The molecule has 0 aromatic heterocycles. The van der Waals surface area contributed by atoms with E-state index < -0.39 is 26.9 Å². The topological polar surface area (TPSA) is 73.9 Å². The van der Waals surface area contributed by atoms with E-state index in [0.717, 1.165) is 5.56 Å². The Morgan fingerprint density at radius 1 is 0.840 bits per heavy atom. The molecule has 0 unspecified atom stereocenters. The van der Waals surface area contributed by atoms with Crippen LogP contribution < -0.4 is 5.32 Å². The second-order valence-corrected chi connectivity index (χ2v) is 18.7. The molecule has 0 bridgehead atoms. The number of hydrogen-bond donors (Lipinski definition) is 1. The number of alkyl carbamates (subject to hydrolysis) is 1. The molecule has 8 heteroatoms. The third kappa shape index (κ3) is 11.0. The van der Waals surface area contributed by atoms with Gasteiger partial charge in [-0.1, -0.05) is 130 Å². The van der Waals surface area contributed by atoms with Gasteiger partial charge in [0.25, 0.3) is 0 Å². The predicted molar refractivity (Wildman–Crippen MR) is 209 cm³/mol. The maximum Gasteiger partial charge on any atom is 0.407 e. The lowest BCUT2D eigenvalue weighted by atomic mass is 9.93. The number of fused-ring (bicyclic) bond motifs is 3. The fourth-order valence-corrected chi connectivity index (χ4v) is 9.69. The molecule has 1 amide bonds. The van der Waals surface area contributed by atoms with E-state index in [-0.39, 0.29) is 35.5 Å². The van der Waals surface area contributed by atoms with E-state index in [2.05, 4.69) is 70.4 Å². The Morgan fingerprint density at radius 2 is 1.42 bits per heavy atom. The van der Waals surface area contributed by atoms with Gasteiger partial charge in [-0.25, -0.2) is 4.79 Å². The molecule has 0 radical (unpaired) electrons. The molecular weight excluding hydrogens is 659 g/mol. The summed E-state index contributed by atoms with van der Waals surface area (Å²) < 4.78 is 19.5. The van der Waals surface area contributed by atoms with Crippen LogP contribution in [0.15, 0.2) is 104 Å². The molecule has 0 saturated heterocycles. The van der Waals surface area contributed by atoms with Crippen molar-refractivity contribution < 1.29 is 23.2 Å². The predicted octanol–water partition coefficient (Wildman–Crippen LogP) is 10.3. The quantitative estimate of drug-likeness (QED) is 0.0985. The maximum atomic E-state index is 13.6. The monoisotopic (exact) mass is 713 g/mol. The van der Waals surface area contributed by atoms with Crippen LogP contribution in [0.2, 0.25) is 13.1 Å². The van der Waals surface area contributed by atoms with Gasteiger partial charge in [-0.3, -0.25) is 4.79 Å². The molecule has 0 heterocycles. The molecule has 6 nitrogen and oxygen atoms in total. The zero-order valence-corrected chi connectivity index (χ0v) is 32.4. The Labute approximate surface area is 305 Å². The van der Waals surface area contributed by atoms with Crippen molar-refractivity contribution in [2.24, 2.45) is 17.8 Å². The minimum Gasteiger partial charge on any atom is -0.449 e. The third-order valence-corrected chi connectivity index (χ3v) is 11.7. The van der Waals surface area contributed by atoms with Crippen LogP contribution in [0.1, 0.15) is 69.6 Å². The summed E-state index contributed by atoms with van der Waals surface area (Å²) >= 11 is 1.33. The highest BCUT2D eigenvalue weighted by Gasteiger charge is 2.39. The lowest BCUT2D eigenvalue weighted by molar-refractivity contribution is -0.117. The number of thioether (sulfide) groups is 1. The number of amides is 1. The molecule has 1 aliphatic rings. The molecule has 1 N–H and O–H groups in total. The minimum absolute atomic E-state index is 0.0279. The second-order valence-electron chi connectivity index (χ2n) is 14.4. The van der Waals surface area contributed by atoms with Gasteiger partial charge in [0.1, 0.15) is 6.61 Å². The molecule has 0 spiro atoms. The number of carbonyl (C=O) groups is 2. The van der Waals surface area contributed by atoms with Crippen LogP contribution in [0.3, 0.4) is 0 Å². The summed E-state index contributed by atoms with van der Waals surface area (Å²) in [7, 11) is -2.89. The smallest absolute Gasteiger partial charge is 0.407 e. The van der Waals surface area contributed by atoms with E-state index >= 15 is 0 Å². The summed E-state index contributed by atoms with van der Waals surface area (Å²) in [5.41, 5.74) is 5.82. The molecule has 0 saturated carbocycles. The van der Waals surface area contributed by atoms with Crippen LogP contribution in [0, 0.1) is 17.8 Å². The van der Waals surface area contributed by atoms with Crippen LogP contribution in [0.5, 0.6) is 0 Å². The molecule has 50 heavy (non-hydrogen) atoms. The Hall–Kier alpha value is -3.43. The van der Waals surface area contributed by atoms with E-state index in [9.17, 15) is 9.59 Å². The minimum atomic E-state index is -2.89. The van der Waals surface area contributed by atoms with Crippen LogP contribution in [0.25, 0.3) is 11.1 Å². The highest BCUT2D eigenvalue weighted by molar-refractivity contribution is 8.13. The standard InChI is InChI=1S/C42H55NO5SSi/c1-9-18-40(48-50(7,8)47-39(10-2)36(25-29(3)4)41(44)49-28-31-19-12-11-13-20-31)38(26-30(5)6)43-42(45)46-27-37-34-23-16-14-21-32(34)33-22-15-17-24-35(33)37/h9-17,19-24,29-30,36-40H,1-2,18,25-28H2,3-8H3,(H,43,45)/t36-,38-,39-,40+/m1/s1. The molecule has 3 aromatic carbocycles. The van der Waals surface area contributed by atoms with E-state index in [1.807, 2.05) is 73.8 Å². The van der Waals surface area contributed by atoms with Gasteiger partial charge < -0.3 is 18.9 Å². The number of benzene rings is 3. The van der Waals surface area contributed by atoms with Gasteiger partial charge in [0.05, 0.1) is 24.2 Å². The second kappa shape index (κ2) is 18.7. The molecule has 4 atom stereocenters. The molecule has 4 rings (SSSR count). The fourth-order valence-electron chi connectivity index (χ4n) is 6.78. The number of rotatable bonds is 19. The summed E-state index contributed by atoms with van der Waals surface area (Å²) in [4.78, 5) is 27.1. The average Bonchev–Trinajstić information content (AvgIpc) is 3.41. The SMILES string of the molecule is C=CC[C@H](O[Si](C)(C)O[C@H](C=C)[C@@H](CC(C)C)C(=O)SCc1ccccc1)[C@@H](CC(C)C)NC(=O)OCC1c2ccccc2-c2ccccc21. The molecule has 268 valence electrons. The first kappa shape index (κ1) is 39.4. The van der Waals surface area contributed by atoms with Gasteiger partial charge in [0.2, 0.25) is 0 Å². The lowest BCUT2D eigenvalue weighted by Gasteiger charge is -2.37. The lowest BCUT2D eigenvalue weighted by Crippen LogP contribution is -2.52. The van der Waals surface area contributed by atoms with Gasteiger partial charge in [-0.15, -0.1) is 13.2 Å². The number of ether oxygens (including phenoxy) is 1. The summed E-state index contributed by atoms with van der Waals surface area (Å²) in [5, 5.41) is 3.24. The Kier molecular flexibility index (Phi) is 14.7. The van der Waals surface area contributed by atoms with E-state index in [4.69, 9.17) is 13.6 Å². The summed E-state index contributed by atoms with van der Waals surface area (Å²) in [5.74, 6) is 0.795. The highest BCUT2D eigenvalue weighted by atomic mass is 32.2. The van der Waals surface area contributed by atoms with E-state index in [0.29, 0.717) is 30.9 Å². The van der Waals surface area contributed by atoms with Crippen molar-refractivity contribution in [3.05, 3.63) is 121 Å². The first-order chi connectivity index (χ1) is 23.9. The normalized spacial score (nSPS) is 15.1. The van der Waals surface area contributed by atoms with Gasteiger partial charge >= 0.3 is 14.7 Å².